The Bertz CT molecular complexity index is 619. The Hall–Kier alpha value is -1.96. The fourth-order valence-electron chi connectivity index (χ4n) is 2.60. The van der Waals surface area contributed by atoms with E-state index in [2.05, 4.69) is 0 Å². The molecule has 0 bridgehead atoms. The maximum atomic E-state index is 12.8. The molecule has 8 heteroatoms. The number of phenolic OH excluding ortho intramolecular Hbond substituents is 1. The van der Waals surface area contributed by atoms with Crippen molar-refractivity contribution in [3.63, 3.8) is 0 Å². The van der Waals surface area contributed by atoms with Gasteiger partial charge in [0.15, 0.2) is 0 Å². The van der Waals surface area contributed by atoms with Crippen molar-refractivity contribution in [2.75, 3.05) is 26.2 Å². The topological polar surface area (TPSA) is 53.0 Å². The van der Waals surface area contributed by atoms with Crippen LogP contribution in [0.1, 0.15) is 31.9 Å². The molecular weight excluding hydrogens is 337 g/mol. The van der Waals surface area contributed by atoms with Crippen molar-refractivity contribution in [2.24, 2.45) is 0 Å². The monoisotopic (exact) mass is 360 g/mol. The summed E-state index contributed by atoms with van der Waals surface area (Å²) in [7, 11) is 0. The number of ether oxygens (including phenoxy) is 1. The minimum Gasteiger partial charge on any atom is -0.508 e. The molecule has 25 heavy (non-hydrogen) atoms. The molecule has 0 saturated carbocycles. The van der Waals surface area contributed by atoms with Gasteiger partial charge in [-0.2, -0.15) is 13.2 Å². The summed E-state index contributed by atoms with van der Waals surface area (Å²) in [6, 6.07) is 3.08. The van der Waals surface area contributed by atoms with Crippen LogP contribution in [0.25, 0.3) is 0 Å². The summed E-state index contributed by atoms with van der Waals surface area (Å²) in [5, 5.41) is 9.52. The van der Waals surface area contributed by atoms with Gasteiger partial charge in [0, 0.05) is 32.7 Å². The van der Waals surface area contributed by atoms with E-state index < -0.39 is 23.1 Å². The molecule has 0 spiro atoms. The van der Waals surface area contributed by atoms with E-state index in [-0.39, 0.29) is 12.6 Å². The molecule has 1 aliphatic heterocycles. The van der Waals surface area contributed by atoms with E-state index in [1.165, 1.54) is 6.07 Å². The molecule has 1 fully saturated rings. The molecule has 0 radical (unpaired) electrons. The van der Waals surface area contributed by atoms with Crippen LogP contribution < -0.4 is 0 Å². The van der Waals surface area contributed by atoms with Crippen LogP contribution in [0.4, 0.5) is 18.0 Å². The Morgan fingerprint density at radius 1 is 1.12 bits per heavy atom. The fourth-order valence-corrected chi connectivity index (χ4v) is 2.60. The van der Waals surface area contributed by atoms with E-state index >= 15 is 0 Å². The predicted octanol–water partition coefficient (Wildman–Crippen LogP) is 3.46. The maximum absolute atomic E-state index is 12.8. The predicted molar refractivity (Wildman–Crippen MR) is 86.2 cm³/mol. The van der Waals surface area contributed by atoms with Crippen LogP contribution in [0.5, 0.6) is 5.75 Å². The molecule has 1 aromatic rings. The number of amides is 1. The van der Waals surface area contributed by atoms with Crippen molar-refractivity contribution in [1.82, 2.24) is 9.80 Å². The van der Waals surface area contributed by atoms with Gasteiger partial charge in [-0.15, -0.1) is 0 Å². The number of halogens is 3. The molecule has 1 aliphatic rings. The zero-order chi connectivity index (χ0) is 18.8. The number of hydrogen-bond donors (Lipinski definition) is 1. The Balaban J connectivity index is 1.94. The first-order chi connectivity index (χ1) is 11.4. The van der Waals surface area contributed by atoms with Crippen molar-refractivity contribution >= 4 is 6.09 Å². The molecule has 0 aliphatic carbocycles. The van der Waals surface area contributed by atoms with Gasteiger partial charge in [0.2, 0.25) is 0 Å². The lowest BCUT2D eigenvalue weighted by Crippen LogP contribution is -2.49. The van der Waals surface area contributed by atoms with Gasteiger partial charge in [-0.25, -0.2) is 4.79 Å². The molecule has 1 saturated heterocycles. The number of piperazine rings is 1. The lowest BCUT2D eigenvalue weighted by atomic mass is 10.1. The van der Waals surface area contributed by atoms with E-state index in [0.717, 1.165) is 6.07 Å². The standard InChI is InChI=1S/C17H23F3N2O3/c1-16(2,3)25-15(24)22-6-4-21(5-7-22)11-12-8-13(17(18,19)20)10-14(23)9-12/h8-10,23H,4-7,11H2,1-3H3. The molecule has 1 heterocycles. The highest BCUT2D eigenvalue weighted by Crippen LogP contribution is 2.32. The number of carbonyl (C=O) groups is 1. The summed E-state index contributed by atoms with van der Waals surface area (Å²) >= 11 is 0. The second kappa shape index (κ2) is 7.11. The third-order valence-corrected chi connectivity index (χ3v) is 3.74. The first-order valence-electron chi connectivity index (χ1n) is 8.04. The molecule has 1 N–H and O–H groups in total. The Kier molecular flexibility index (Phi) is 5.51. The van der Waals surface area contributed by atoms with E-state index in [1.807, 2.05) is 4.90 Å². The largest absolute Gasteiger partial charge is 0.508 e. The summed E-state index contributed by atoms with van der Waals surface area (Å²) < 4.78 is 43.8. The normalized spacial score (nSPS) is 16.8. The zero-order valence-corrected chi connectivity index (χ0v) is 14.6. The average molecular weight is 360 g/mol. The third kappa shape index (κ3) is 5.81. The van der Waals surface area contributed by atoms with Crippen LogP contribution >= 0.6 is 0 Å². The van der Waals surface area contributed by atoms with Crippen LogP contribution in [-0.4, -0.2) is 52.8 Å². The highest BCUT2D eigenvalue weighted by atomic mass is 19.4. The van der Waals surface area contributed by atoms with Gasteiger partial charge in [0.05, 0.1) is 5.56 Å². The van der Waals surface area contributed by atoms with Crippen LogP contribution in [0, 0.1) is 0 Å². The van der Waals surface area contributed by atoms with Crippen molar-refractivity contribution in [3.05, 3.63) is 29.3 Å². The number of hydrogen-bond acceptors (Lipinski definition) is 4. The maximum Gasteiger partial charge on any atom is 0.416 e. The summed E-state index contributed by atoms with van der Waals surface area (Å²) in [6.45, 7) is 7.59. The molecule has 140 valence electrons. The molecule has 0 unspecified atom stereocenters. The Morgan fingerprint density at radius 3 is 2.24 bits per heavy atom. The number of nitrogens with zero attached hydrogens (tertiary/aromatic N) is 2. The molecule has 1 amide bonds. The molecule has 0 atom stereocenters. The van der Waals surface area contributed by atoms with Gasteiger partial charge in [0.1, 0.15) is 11.4 Å². The molecule has 0 aromatic heterocycles. The highest BCUT2D eigenvalue weighted by molar-refractivity contribution is 5.68. The van der Waals surface area contributed by atoms with Gasteiger partial charge in [-0.05, 0) is 44.5 Å². The van der Waals surface area contributed by atoms with E-state index in [9.17, 15) is 23.1 Å². The second-order valence-electron chi connectivity index (χ2n) is 7.13. The van der Waals surface area contributed by atoms with Crippen molar-refractivity contribution < 1.29 is 27.8 Å². The number of phenols is 1. The molecular formula is C17H23F3N2O3. The second-order valence-corrected chi connectivity index (χ2v) is 7.13. The Morgan fingerprint density at radius 2 is 1.72 bits per heavy atom. The molecule has 2 rings (SSSR count). The zero-order valence-electron chi connectivity index (χ0n) is 14.6. The summed E-state index contributed by atoms with van der Waals surface area (Å²) in [5.41, 5.74) is -1.04. The van der Waals surface area contributed by atoms with Crippen molar-refractivity contribution in [1.29, 1.82) is 0 Å². The molecule has 1 aromatic carbocycles. The number of aromatic hydroxyl groups is 1. The van der Waals surface area contributed by atoms with Crippen LogP contribution in [-0.2, 0) is 17.5 Å². The van der Waals surface area contributed by atoms with Crippen molar-refractivity contribution in [3.8, 4) is 5.75 Å². The lowest BCUT2D eigenvalue weighted by molar-refractivity contribution is -0.137. The first kappa shape index (κ1) is 19.4. The van der Waals surface area contributed by atoms with E-state index in [1.54, 1.807) is 25.7 Å². The quantitative estimate of drug-likeness (QED) is 0.878. The van der Waals surface area contributed by atoms with Crippen molar-refractivity contribution in [2.45, 2.75) is 39.1 Å². The number of rotatable bonds is 2. The average Bonchev–Trinajstić information content (AvgIpc) is 2.44. The van der Waals surface area contributed by atoms with Crippen LogP contribution in [0.3, 0.4) is 0 Å². The van der Waals surface area contributed by atoms with Gasteiger partial charge >= 0.3 is 12.3 Å². The minimum atomic E-state index is -4.50. The number of benzene rings is 1. The summed E-state index contributed by atoms with van der Waals surface area (Å²) in [4.78, 5) is 15.5. The summed E-state index contributed by atoms with van der Waals surface area (Å²) in [5.74, 6) is -0.405. The van der Waals surface area contributed by atoms with E-state index in [0.29, 0.717) is 37.8 Å². The Labute approximate surface area is 145 Å². The van der Waals surface area contributed by atoms with Gasteiger partial charge in [0.25, 0.3) is 0 Å². The van der Waals surface area contributed by atoms with Gasteiger partial charge in [-0.3, -0.25) is 4.90 Å². The minimum absolute atomic E-state index is 0.277. The summed E-state index contributed by atoms with van der Waals surface area (Å²) in [6.07, 6.45) is -4.88. The van der Waals surface area contributed by atoms with Gasteiger partial charge in [-0.1, -0.05) is 0 Å². The third-order valence-electron chi connectivity index (χ3n) is 3.74. The van der Waals surface area contributed by atoms with E-state index in [4.69, 9.17) is 4.74 Å². The lowest BCUT2D eigenvalue weighted by Gasteiger charge is -2.35. The van der Waals surface area contributed by atoms with Gasteiger partial charge < -0.3 is 14.7 Å². The number of carbonyl (C=O) groups excluding carboxylic acids is 1. The smallest absolute Gasteiger partial charge is 0.416 e. The van der Waals surface area contributed by atoms with Crippen LogP contribution in [0.2, 0.25) is 0 Å². The number of alkyl halides is 3. The van der Waals surface area contributed by atoms with Crippen LogP contribution in [0.15, 0.2) is 18.2 Å². The fraction of sp³-hybridized carbons (Fsp3) is 0.588. The first-order valence-corrected chi connectivity index (χ1v) is 8.04. The molecule has 5 nitrogen and oxygen atoms in total. The highest BCUT2D eigenvalue weighted by Gasteiger charge is 2.32. The SMILES string of the molecule is CC(C)(C)OC(=O)N1CCN(Cc2cc(O)cc(C(F)(F)F)c2)CC1.